The van der Waals surface area contributed by atoms with Crippen molar-refractivity contribution in [1.29, 1.82) is 0 Å². The fraction of sp³-hybridized carbons (Fsp3) is 1.00. The minimum Gasteiger partial charge on any atom is -0.313 e. The zero-order chi connectivity index (χ0) is 13.7. The van der Waals surface area contributed by atoms with Crippen LogP contribution in [-0.2, 0) is 0 Å². The molecule has 1 N–H and O–H groups in total. The molecule has 0 aromatic rings. The average Bonchev–Trinajstić information content (AvgIpc) is 3.13. The predicted molar refractivity (Wildman–Crippen MR) is 87.0 cm³/mol. The first kappa shape index (κ1) is 15.7. The van der Waals surface area contributed by atoms with Gasteiger partial charge in [-0.3, -0.25) is 0 Å². The van der Waals surface area contributed by atoms with Gasteiger partial charge in [-0.15, -0.1) is 0 Å². The van der Waals surface area contributed by atoms with Crippen molar-refractivity contribution in [3.63, 3.8) is 0 Å². The largest absolute Gasteiger partial charge is 0.313 e. The first-order valence-corrected chi connectivity index (χ1v) is 9.47. The molecule has 19 heavy (non-hydrogen) atoms. The van der Waals surface area contributed by atoms with Gasteiger partial charge in [0.2, 0.25) is 0 Å². The summed E-state index contributed by atoms with van der Waals surface area (Å²) in [6.45, 7) is 4.95. The second-order valence-electron chi connectivity index (χ2n) is 6.91. The zero-order valence-electron chi connectivity index (χ0n) is 13.1. The Morgan fingerprint density at radius 3 is 2.58 bits per heavy atom. The normalized spacial score (nSPS) is 24.0. The molecule has 2 aliphatic carbocycles. The standard InChI is InChI=1S/C16H32N2S/c1-14(8-11-19-3)18(2)13-16(9-4-5-10-16)12-17-15-6-7-15/h14-15,17H,4-13H2,1-3H3. The van der Waals surface area contributed by atoms with Gasteiger partial charge in [-0.05, 0) is 63.5 Å². The molecule has 112 valence electrons. The molecule has 2 rings (SSSR count). The van der Waals surface area contributed by atoms with Crippen LogP contribution in [0.2, 0.25) is 0 Å². The second-order valence-corrected chi connectivity index (χ2v) is 7.89. The maximum absolute atomic E-state index is 3.80. The fourth-order valence-corrected chi connectivity index (χ4v) is 3.93. The molecule has 2 nitrogen and oxygen atoms in total. The molecule has 2 aliphatic rings. The molecule has 2 fully saturated rings. The Kier molecular flexibility index (Phi) is 6.04. The monoisotopic (exact) mass is 284 g/mol. The summed E-state index contributed by atoms with van der Waals surface area (Å²) in [5, 5.41) is 3.80. The minimum absolute atomic E-state index is 0.574. The number of rotatable bonds is 9. The molecule has 1 unspecified atom stereocenters. The van der Waals surface area contributed by atoms with Crippen molar-refractivity contribution >= 4 is 11.8 Å². The smallest absolute Gasteiger partial charge is 0.00719 e. The summed E-state index contributed by atoms with van der Waals surface area (Å²) in [6.07, 6.45) is 12.1. The van der Waals surface area contributed by atoms with E-state index >= 15 is 0 Å². The number of hydrogen-bond donors (Lipinski definition) is 1. The van der Waals surface area contributed by atoms with Gasteiger partial charge in [0.1, 0.15) is 0 Å². The zero-order valence-corrected chi connectivity index (χ0v) is 13.9. The second kappa shape index (κ2) is 7.33. The van der Waals surface area contributed by atoms with Gasteiger partial charge in [0.05, 0.1) is 0 Å². The lowest BCUT2D eigenvalue weighted by Crippen LogP contribution is -2.44. The van der Waals surface area contributed by atoms with Crippen LogP contribution in [0.3, 0.4) is 0 Å². The van der Waals surface area contributed by atoms with Gasteiger partial charge in [-0.1, -0.05) is 12.8 Å². The van der Waals surface area contributed by atoms with Crippen LogP contribution in [0.5, 0.6) is 0 Å². The number of thioether (sulfide) groups is 1. The minimum atomic E-state index is 0.574. The Hall–Kier alpha value is 0.270. The summed E-state index contributed by atoms with van der Waals surface area (Å²) < 4.78 is 0. The summed E-state index contributed by atoms with van der Waals surface area (Å²) in [7, 11) is 2.34. The van der Waals surface area contributed by atoms with Crippen molar-refractivity contribution in [3.8, 4) is 0 Å². The van der Waals surface area contributed by atoms with Crippen LogP contribution in [0.15, 0.2) is 0 Å². The lowest BCUT2D eigenvalue weighted by atomic mass is 9.85. The highest BCUT2D eigenvalue weighted by Gasteiger charge is 2.36. The fourth-order valence-electron chi connectivity index (χ4n) is 3.36. The van der Waals surface area contributed by atoms with Crippen molar-refractivity contribution in [3.05, 3.63) is 0 Å². The van der Waals surface area contributed by atoms with E-state index in [4.69, 9.17) is 0 Å². The van der Waals surface area contributed by atoms with Crippen LogP contribution in [0, 0.1) is 5.41 Å². The van der Waals surface area contributed by atoms with Crippen LogP contribution in [0.1, 0.15) is 51.9 Å². The highest BCUT2D eigenvalue weighted by atomic mass is 32.2. The van der Waals surface area contributed by atoms with Crippen LogP contribution in [-0.4, -0.2) is 49.1 Å². The van der Waals surface area contributed by atoms with Gasteiger partial charge in [0, 0.05) is 25.2 Å². The molecule has 0 aromatic heterocycles. The predicted octanol–water partition coefficient (Wildman–Crippen LogP) is 3.37. The Labute approximate surface area is 124 Å². The molecule has 0 amide bonds. The average molecular weight is 285 g/mol. The molecule has 0 aliphatic heterocycles. The topological polar surface area (TPSA) is 15.3 Å². The molecule has 0 heterocycles. The first-order chi connectivity index (χ1) is 9.15. The Bertz CT molecular complexity index is 259. The lowest BCUT2D eigenvalue weighted by molar-refractivity contribution is 0.139. The molecule has 0 radical (unpaired) electrons. The Morgan fingerprint density at radius 1 is 1.32 bits per heavy atom. The Balaban J connectivity index is 1.80. The third-order valence-corrected chi connectivity index (χ3v) is 5.73. The lowest BCUT2D eigenvalue weighted by Gasteiger charge is -2.37. The SMILES string of the molecule is CSCCC(C)N(C)CC1(CNC2CC2)CCCC1. The molecular weight excluding hydrogens is 252 g/mol. The first-order valence-electron chi connectivity index (χ1n) is 8.08. The third kappa shape index (κ3) is 4.95. The van der Waals surface area contributed by atoms with E-state index < -0.39 is 0 Å². The van der Waals surface area contributed by atoms with Gasteiger partial charge in [-0.25, -0.2) is 0 Å². The summed E-state index contributed by atoms with van der Waals surface area (Å²) in [6, 6.07) is 1.59. The van der Waals surface area contributed by atoms with Gasteiger partial charge >= 0.3 is 0 Å². The summed E-state index contributed by atoms with van der Waals surface area (Å²) in [4.78, 5) is 2.62. The quantitative estimate of drug-likeness (QED) is 0.699. The molecular formula is C16H32N2S. The van der Waals surface area contributed by atoms with E-state index in [1.165, 1.54) is 63.8 Å². The number of nitrogens with zero attached hydrogens (tertiary/aromatic N) is 1. The van der Waals surface area contributed by atoms with Crippen LogP contribution < -0.4 is 5.32 Å². The maximum atomic E-state index is 3.80. The van der Waals surface area contributed by atoms with E-state index in [9.17, 15) is 0 Å². The molecule has 0 aromatic carbocycles. The molecule has 3 heteroatoms. The summed E-state index contributed by atoms with van der Waals surface area (Å²) in [5.74, 6) is 1.29. The van der Waals surface area contributed by atoms with Gasteiger partial charge in [0.25, 0.3) is 0 Å². The third-order valence-electron chi connectivity index (χ3n) is 5.08. The molecule has 2 saturated carbocycles. The highest BCUT2D eigenvalue weighted by Crippen LogP contribution is 2.39. The summed E-state index contributed by atoms with van der Waals surface area (Å²) >= 11 is 1.97. The molecule has 0 spiro atoms. The van der Waals surface area contributed by atoms with Crippen molar-refractivity contribution in [1.82, 2.24) is 10.2 Å². The van der Waals surface area contributed by atoms with Gasteiger partial charge in [-0.2, -0.15) is 11.8 Å². The molecule has 0 saturated heterocycles. The van der Waals surface area contributed by atoms with Crippen molar-refractivity contribution < 1.29 is 0 Å². The highest BCUT2D eigenvalue weighted by molar-refractivity contribution is 7.98. The van der Waals surface area contributed by atoms with E-state index in [2.05, 4.69) is 30.4 Å². The van der Waals surface area contributed by atoms with Gasteiger partial charge < -0.3 is 10.2 Å². The van der Waals surface area contributed by atoms with Crippen LogP contribution in [0.4, 0.5) is 0 Å². The van der Waals surface area contributed by atoms with Crippen molar-refractivity contribution in [2.24, 2.45) is 5.41 Å². The molecule has 0 bridgehead atoms. The van der Waals surface area contributed by atoms with Crippen LogP contribution >= 0.6 is 11.8 Å². The van der Waals surface area contributed by atoms with E-state index in [0.717, 1.165) is 12.1 Å². The molecule has 1 atom stereocenters. The Morgan fingerprint density at radius 2 is 2.00 bits per heavy atom. The van der Waals surface area contributed by atoms with E-state index in [1.807, 2.05) is 11.8 Å². The van der Waals surface area contributed by atoms with Crippen LogP contribution in [0.25, 0.3) is 0 Å². The van der Waals surface area contributed by atoms with E-state index in [0.29, 0.717) is 5.41 Å². The number of hydrogen-bond acceptors (Lipinski definition) is 3. The van der Waals surface area contributed by atoms with Crippen molar-refractivity contribution in [2.75, 3.05) is 32.1 Å². The maximum Gasteiger partial charge on any atom is 0.00719 e. The number of nitrogens with one attached hydrogen (secondary N) is 1. The van der Waals surface area contributed by atoms with Gasteiger partial charge in [0.15, 0.2) is 0 Å². The van der Waals surface area contributed by atoms with E-state index in [1.54, 1.807) is 0 Å². The van der Waals surface area contributed by atoms with Crippen molar-refractivity contribution in [2.45, 2.75) is 64.0 Å². The van der Waals surface area contributed by atoms with E-state index in [-0.39, 0.29) is 0 Å². The summed E-state index contributed by atoms with van der Waals surface area (Å²) in [5.41, 5.74) is 0.574.